The molecule has 2 atom stereocenters. The number of aliphatic hydroxyl groups excluding tert-OH is 1. The van der Waals surface area contributed by atoms with Gasteiger partial charge in [-0.1, -0.05) is 42.8 Å². The Labute approximate surface area is 207 Å². The summed E-state index contributed by atoms with van der Waals surface area (Å²) in [6.07, 6.45) is 4.55. The zero-order chi connectivity index (χ0) is 23.7. The summed E-state index contributed by atoms with van der Waals surface area (Å²) in [6, 6.07) is 13.2. The minimum atomic E-state index is -0.461. The molecule has 2 heterocycles. The SMILES string of the molecule is CCC(CO)NC(c1cnc(CC(=O)C2(c3ccc4c(c3)OCO4)CC2)s1)c1ccccc1Cl. The van der Waals surface area contributed by atoms with E-state index in [9.17, 15) is 9.90 Å². The molecule has 0 spiro atoms. The van der Waals surface area contributed by atoms with Gasteiger partial charge in [-0.05, 0) is 48.6 Å². The van der Waals surface area contributed by atoms with E-state index in [1.165, 1.54) is 11.3 Å². The standard InChI is InChI=1S/C26H27ClN2O4S/c1-2-17(14-30)29-25(18-5-3-4-6-19(18)27)22-13-28-24(34-22)12-23(31)26(9-10-26)16-7-8-20-21(11-16)33-15-32-20/h3-8,11,13,17,25,29-30H,2,9-10,12,14-15H2,1H3. The Hall–Kier alpha value is -2.45. The van der Waals surface area contributed by atoms with Crippen molar-refractivity contribution >= 4 is 28.7 Å². The van der Waals surface area contributed by atoms with Crippen LogP contribution in [0.15, 0.2) is 48.7 Å². The number of carbonyl (C=O) groups is 1. The van der Waals surface area contributed by atoms with Crippen LogP contribution in [0.4, 0.5) is 0 Å². The molecule has 2 aromatic carbocycles. The predicted octanol–water partition coefficient (Wildman–Crippen LogP) is 4.82. The summed E-state index contributed by atoms with van der Waals surface area (Å²) >= 11 is 8.03. The van der Waals surface area contributed by atoms with Crippen molar-refractivity contribution in [3.05, 3.63) is 74.7 Å². The van der Waals surface area contributed by atoms with E-state index in [0.29, 0.717) is 10.8 Å². The maximum Gasteiger partial charge on any atom is 0.231 e. The average molecular weight is 499 g/mol. The second kappa shape index (κ2) is 9.66. The molecule has 1 aliphatic heterocycles. The normalized spacial score (nSPS) is 17.4. The number of aliphatic hydroxyl groups is 1. The lowest BCUT2D eigenvalue weighted by molar-refractivity contribution is -0.120. The van der Waals surface area contributed by atoms with Gasteiger partial charge >= 0.3 is 0 Å². The topological polar surface area (TPSA) is 80.7 Å². The second-order valence-electron chi connectivity index (χ2n) is 8.82. The molecule has 0 bridgehead atoms. The number of ether oxygens (including phenoxy) is 2. The Balaban J connectivity index is 1.37. The van der Waals surface area contributed by atoms with Gasteiger partial charge in [0, 0.05) is 22.1 Å². The highest BCUT2D eigenvalue weighted by Crippen LogP contribution is 2.51. The van der Waals surface area contributed by atoms with Crippen molar-refractivity contribution in [2.75, 3.05) is 13.4 Å². The first-order valence-electron chi connectivity index (χ1n) is 11.5. The fraction of sp³-hybridized carbons (Fsp3) is 0.385. The van der Waals surface area contributed by atoms with Gasteiger partial charge in [0.05, 0.1) is 24.5 Å². The van der Waals surface area contributed by atoms with Gasteiger partial charge in [-0.25, -0.2) is 4.98 Å². The number of hydrogen-bond acceptors (Lipinski definition) is 7. The smallest absolute Gasteiger partial charge is 0.231 e. The van der Waals surface area contributed by atoms with Gasteiger partial charge in [0.25, 0.3) is 0 Å². The molecule has 1 aromatic heterocycles. The van der Waals surface area contributed by atoms with Crippen molar-refractivity contribution in [3.63, 3.8) is 0 Å². The summed E-state index contributed by atoms with van der Waals surface area (Å²) in [5.74, 6) is 1.61. The van der Waals surface area contributed by atoms with Crippen molar-refractivity contribution in [1.82, 2.24) is 10.3 Å². The minimum Gasteiger partial charge on any atom is -0.454 e. The first-order valence-corrected chi connectivity index (χ1v) is 12.7. The van der Waals surface area contributed by atoms with E-state index in [4.69, 9.17) is 21.1 Å². The Bertz CT molecular complexity index is 1190. The molecule has 34 heavy (non-hydrogen) atoms. The maximum atomic E-state index is 13.4. The van der Waals surface area contributed by atoms with Crippen molar-refractivity contribution in [2.45, 2.75) is 50.1 Å². The van der Waals surface area contributed by atoms with E-state index in [2.05, 4.69) is 10.3 Å². The van der Waals surface area contributed by atoms with Crippen molar-refractivity contribution < 1.29 is 19.4 Å². The van der Waals surface area contributed by atoms with Gasteiger partial charge in [0.2, 0.25) is 6.79 Å². The number of thiazole rings is 1. The second-order valence-corrected chi connectivity index (χ2v) is 10.4. The van der Waals surface area contributed by atoms with E-state index < -0.39 is 5.41 Å². The molecule has 1 saturated carbocycles. The third-order valence-electron chi connectivity index (χ3n) is 6.71. The van der Waals surface area contributed by atoms with Crippen molar-refractivity contribution in [2.24, 2.45) is 0 Å². The zero-order valence-corrected chi connectivity index (χ0v) is 20.5. The fourth-order valence-electron chi connectivity index (χ4n) is 4.46. The third kappa shape index (κ3) is 4.45. The molecule has 0 radical (unpaired) electrons. The van der Waals surface area contributed by atoms with Crippen LogP contribution in [-0.2, 0) is 16.6 Å². The molecule has 0 saturated heterocycles. The van der Waals surface area contributed by atoms with E-state index in [0.717, 1.165) is 46.0 Å². The van der Waals surface area contributed by atoms with Gasteiger partial charge in [-0.2, -0.15) is 0 Å². The Morgan fingerprint density at radius 2 is 2.03 bits per heavy atom. The van der Waals surface area contributed by atoms with Gasteiger partial charge < -0.3 is 19.9 Å². The van der Waals surface area contributed by atoms with E-state index in [-0.39, 0.29) is 37.7 Å². The number of benzene rings is 2. The average Bonchev–Trinajstić information content (AvgIpc) is 3.31. The lowest BCUT2D eigenvalue weighted by Crippen LogP contribution is -2.35. The van der Waals surface area contributed by atoms with Crippen molar-refractivity contribution in [1.29, 1.82) is 0 Å². The number of ketones is 1. The van der Waals surface area contributed by atoms with E-state index in [1.807, 2.05) is 55.6 Å². The summed E-state index contributed by atoms with van der Waals surface area (Å²) in [5.41, 5.74) is 1.46. The minimum absolute atomic E-state index is 0.0274. The van der Waals surface area contributed by atoms with E-state index in [1.54, 1.807) is 0 Å². The van der Waals surface area contributed by atoms with Crippen LogP contribution < -0.4 is 14.8 Å². The summed E-state index contributed by atoms with van der Waals surface area (Å²) < 4.78 is 10.9. The van der Waals surface area contributed by atoms with Crippen LogP contribution in [0, 0.1) is 0 Å². The van der Waals surface area contributed by atoms with Crippen LogP contribution in [0.5, 0.6) is 11.5 Å². The summed E-state index contributed by atoms with van der Waals surface area (Å²) in [7, 11) is 0. The van der Waals surface area contributed by atoms with Gasteiger partial charge in [-0.3, -0.25) is 4.79 Å². The number of hydrogen-bond donors (Lipinski definition) is 2. The number of Topliss-reactive ketones (excluding diaryl/α,β-unsaturated/α-hetero) is 1. The van der Waals surface area contributed by atoms with Crippen LogP contribution in [0.1, 0.15) is 53.2 Å². The van der Waals surface area contributed by atoms with Gasteiger partial charge in [0.1, 0.15) is 10.8 Å². The van der Waals surface area contributed by atoms with Crippen LogP contribution >= 0.6 is 22.9 Å². The number of halogens is 1. The molecular formula is C26H27ClN2O4S. The van der Waals surface area contributed by atoms with Crippen LogP contribution in [0.25, 0.3) is 0 Å². The number of aromatic nitrogens is 1. The Kier molecular flexibility index (Phi) is 6.62. The summed E-state index contributed by atoms with van der Waals surface area (Å²) in [4.78, 5) is 19.0. The molecule has 0 amide bonds. The fourth-order valence-corrected chi connectivity index (χ4v) is 5.71. The molecular weight excluding hydrogens is 472 g/mol. The van der Waals surface area contributed by atoms with Gasteiger partial charge in [-0.15, -0.1) is 11.3 Å². The van der Waals surface area contributed by atoms with Gasteiger partial charge in [0.15, 0.2) is 11.5 Å². The number of nitrogens with one attached hydrogen (secondary N) is 1. The number of carbonyl (C=O) groups excluding carboxylic acids is 1. The number of fused-ring (bicyclic) bond motifs is 1. The molecule has 3 aromatic rings. The molecule has 2 N–H and O–H groups in total. The lowest BCUT2D eigenvalue weighted by atomic mass is 9.89. The largest absolute Gasteiger partial charge is 0.454 e. The number of rotatable bonds is 10. The third-order valence-corrected chi connectivity index (χ3v) is 8.11. The summed E-state index contributed by atoms with van der Waals surface area (Å²) in [5, 5.41) is 14.7. The number of nitrogens with zero attached hydrogens (tertiary/aromatic N) is 1. The zero-order valence-electron chi connectivity index (χ0n) is 18.9. The van der Waals surface area contributed by atoms with Crippen molar-refractivity contribution in [3.8, 4) is 11.5 Å². The molecule has 2 aliphatic rings. The van der Waals surface area contributed by atoms with E-state index >= 15 is 0 Å². The Morgan fingerprint density at radius 3 is 2.76 bits per heavy atom. The predicted molar refractivity (Wildman–Crippen MR) is 132 cm³/mol. The lowest BCUT2D eigenvalue weighted by Gasteiger charge is -2.24. The highest BCUT2D eigenvalue weighted by molar-refractivity contribution is 7.11. The quantitative estimate of drug-likeness (QED) is 0.417. The first-order chi connectivity index (χ1) is 16.5. The summed E-state index contributed by atoms with van der Waals surface area (Å²) in [6.45, 7) is 2.27. The monoisotopic (exact) mass is 498 g/mol. The maximum absolute atomic E-state index is 13.4. The van der Waals surface area contributed by atoms with Crippen LogP contribution in [-0.4, -0.2) is 35.3 Å². The molecule has 8 heteroatoms. The molecule has 5 rings (SSSR count). The van der Waals surface area contributed by atoms with Crippen LogP contribution in [0.2, 0.25) is 5.02 Å². The molecule has 1 aliphatic carbocycles. The first kappa shape index (κ1) is 23.3. The highest BCUT2D eigenvalue weighted by atomic mass is 35.5. The highest BCUT2D eigenvalue weighted by Gasteiger charge is 2.51. The molecule has 6 nitrogen and oxygen atoms in total. The molecule has 2 unspecified atom stereocenters. The molecule has 178 valence electrons. The van der Waals surface area contributed by atoms with Crippen LogP contribution in [0.3, 0.4) is 0 Å². The molecule has 1 fully saturated rings. The Morgan fingerprint density at radius 1 is 1.24 bits per heavy atom.